The molecule has 0 aromatic heterocycles. The largest absolute Gasteiger partial charge is 0.381 e. The van der Waals surface area contributed by atoms with Crippen LogP contribution in [-0.4, -0.2) is 13.2 Å². The maximum absolute atomic E-state index is 5.49. The molecule has 1 nitrogen and oxygen atoms in total. The van der Waals surface area contributed by atoms with Crippen molar-refractivity contribution < 1.29 is 4.74 Å². The van der Waals surface area contributed by atoms with Crippen LogP contribution >= 0.6 is 0 Å². The molecule has 0 heterocycles. The average Bonchev–Trinajstić information content (AvgIpc) is 2.58. The number of hydrogen-bond acceptors (Lipinski definition) is 1. The molecule has 0 aromatic carbocycles. The summed E-state index contributed by atoms with van der Waals surface area (Å²) in [6, 6.07) is 0. The molecule has 0 aliphatic heterocycles. The quantitative estimate of drug-likeness (QED) is 0.366. The van der Waals surface area contributed by atoms with Crippen LogP contribution in [0.1, 0.15) is 90.4 Å². The van der Waals surface area contributed by atoms with E-state index in [0.717, 1.165) is 17.8 Å². The van der Waals surface area contributed by atoms with Crippen LogP contribution < -0.4 is 0 Å². The molecule has 0 bridgehead atoms. The minimum Gasteiger partial charge on any atom is -0.381 e. The molecule has 22 heavy (non-hydrogen) atoms. The Labute approximate surface area is 138 Å². The Morgan fingerprint density at radius 2 is 1.45 bits per heavy atom. The normalized spacial score (nSPS) is 33.4. The van der Waals surface area contributed by atoms with Crippen LogP contribution in [0.15, 0.2) is 12.2 Å². The minimum absolute atomic E-state index is 0.561. The molecule has 128 valence electrons. The molecule has 2 rings (SSSR count). The molecule has 0 aromatic rings. The number of unbranched alkanes of at least 4 members (excludes halogenated alkanes) is 2. The summed E-state index contributed by atoms with van der Waals surface area (Å²) in [4.78, 5) is 0. The molecular formula is C21H38O. The van der Waals surface area contributed by atoms with Gasteiger partial charge in [0.1, 0.15) is 0 Å². The predicted octanol–water partition coefficient (Wildman–Crippen LogP) is 6.52. The minimum atomic E-state index is 0.561. The monoisotopic (exact) mass is 306 g/mol. The Morgan fingerprint density at radius 3 is 2.00 bits per heavy atom. The maximum Gasteiger partial charge on any atom is 0.0571 e. The third-order valence-electron chi connectivity index (χ3n) is 6.13. The summed E-state index contributed by atoms with van der Waals surface area (Å²) in [5.74, 6) is 2.92. The fraction of sp³-hybridized carbons (Fsp3) is 0.905. The van der Waals surface area contributed by atoms with Gasteiger partial charge in [-0.2, -0.15) is 0 Å². The summed E-state index contributed by atoms with van der Waals surface area (Å²) < 4.78 is 5.49. The molecule has 0 radical (unpaired) electrons. The summed E-state index contributed by atoms with van der Waals surface area (Å²) in [7, 11) is 1.88. The van der Waals surface area contributed by atoms with Gasteiger partial charge in [-0.3, -0.25) is 0 Å². The molecule has 0 amide bonds. The van der Waals surface area contributed by atoms with E-state index in [1.807, 2.05) is 7.11 Å². The topological polar surface area (TPSA) is 9.23 Å². The molecule has 0 spiro atoms. The van der Waals surface area contributed by atoms with Gasteiger partial charge < -0.3 is 4.74 Å². The van der Waals surface area contributed by atoms with Crippen LogP contribution in [-0.2, 0) is 4.74 Å². The molecule has 2 saturated carbocycles. The lowest BCUT2D eigenvalue weighted by atomic mass is 9.77. The smallest absolute Gasteiger partial charge is 0.0571 e. The zero-order valence-electron chi connectivity index (χ0n) is 15.1. The lowest BCUT2D eigenvalue weighted by Crippen LogP contribution is -2.21. The van der Waals surface area contributed by atoms with Crippen molar-refractivity contribution in [3.8, 4) is 0 Å². The molecule has 1 heteroatoms. The summed E-state index contributed by atoms with van der Waals surface area (Å²) in [6.45, 7) is 2.28. The molecule has 0 N–H and O–H groups in total. The predicted molar refractivity (Wildman–Crippen MR) is 96.1 cm³/mol. The van der Waals surface area contributed by atoms with E-state index in [1.165, 1.54) is 83.5 Å². The Kier molecular flexibility index (Phi) is 8.59. The molecule has 2 fully saturated rings. The lowest BCUT2D eigenvalue weighted by molar-refractivity contribution is 0.0541. The zero-order valence-corrected chi connectivity index (χ0v) is 15.1. The van der Waals surface area contributed by atoms with Gasteiger partial charge in [-0.1, -0.05) is 44.8 Å². The van der Waals surface area contributed by atoms with Crippen molar-refractivity contribution in [2.24, 2.45) is 17.8 Å². The molecule has 0 saturated heterocycles. The van der Waals surface area contributed by atoms with Crippen molar-refractivity contribution >= 4 is 0 Å². The summed E-state index contributed by atoms with van der Waals surface area (Å²) in [6.07, 6.45) is 23.8. The van der Waals surface area contributed by atoms with Crippen LogP contribution in [0.5, 0.6) is 0 Å². The Balaban J connectivity index is 1.55. The highest BCUT2D eigenvalue weighted by Crippen LogP contribution is 2.36. The van der Waals surface area contributed by atoms with Gasteiger partial charge in [0.25, 0.3) is 0 Å². The van der Waals surface area contributed by atoms with E-state index >= 15 is 0 Å². The SMILES string of the molecule is CCCC/C=C/[C@H]1CC[C@H](CC[C@H]2CC[C@H](OC)CC2)CC1. The van der Waals surface area contributed by atoms with Crippen LogP contribution in [0, 0.1) is 17.8 Å². The first-order chi connectivity index (χ1) is 10.8. The van der Waals surface area contributed by atoms with Gasteiger partial charge in [0.05, 0.1) is 6.10 Å². The number of hydrogen-bond donors (Lipinski definition) is 0. The van der Waals surface area contributed by atoms with Crippen molar-refractivity contribution in [1.29, 1.82) is 0 Å². The second-order valence-corrected chi connectivity index (χ2v) is 7.81. The van der Waals surface area contributed by atoms with Crippen LogP contribution in [0.3, 0.4) is 0 Å². The van der Waals surface area contributed by atoms with Gasteiger partial charge in [-0.15, -0.1) is 0 Å². The van der Waals surface area contributed by atoms with Crippen LogP contribution in [0.4, 0.5) is 0 Å². The van der Waals surface area contributed by atoms with Gasteiger partial charge in [-0.25, -0.2) is 0 Å². The molecule has 2 aliphatic rings. The van der Waals surface area contributed by atoms with E-state index in [4.69, 9.17) is 4.74 Å². The third kappa shape index (κ3) is 6.44. The summed E-state index contributed by atoms with van der Waals surface area (Å²) in [5.41, 5.74) is 0. The third-order valence-corrected chi connectivity index (χ3v) is 6.13. The fourth-order valence-electron chi connectivity index (χ4n) is 4.41. The van der Waals surface area contributed by atoms with E-state index in [1.54, 1.807) is 0 Å². The first-order valence-electron chi connectivity index (χ1n) is 10.0. The van der Waals surface area contributed by atoms with E-state index in [9.17, 15) is 0 Å². The summed E-state index contributed by atoms with van der Waals surface area (Å²) in [5, 5.41) is 0. The highest BCUT2D eigenvalue weighted by molar-refractivity contribution is 4.91. The van der Waals surface area contributed by atoms with Crippen molar-refractivity contribution in [3.05, 3.63) is 12.2 Å². The van der Waals surface area contributed by atoms with Gasteiger partial charge in [0.2, 0.25) is 0 Å². The maximum atomic E-state index is 5.49. The second-order valence-electron chi connectivity index (χ2n) is 7.81. The molecular weight excluding hydrogens is 268 g/mol. The van der Waals surface area contributed by atoms with Gasteiger partial charge >= 0.3 is 0 Å². The van der Waals surface area contributed by atoms with Crippen molar-refractivity contribution in [2.75, 3.05) is 7.11 Å². The standard InChI is InChI=1S/C21H38O/c1-3-4-5-6-7-18-8-10-19(11-9-18)12-13-20-14-16-21(22-2)17-15-20/h6-7,18-21H,3-5,8-17H2,1-2H3/b7-6+/t18-,19-,20-,21-. The van der Waals surface area contributed by atoms with Crippen LogP contribution in [0.25, 0.3) is 0 Å². The highest BCUT2D eigenvalue weighted by Gasteiger charge is 2.23. The Hall–Kier alpha value is -0.300. The van der Waals surface area contributed by atoms with Gasteiger partial charge in [-0.05, 0) is 75.5 Å². The molecule has 0 atom stereocenters. The fourth-order valence-corrected chi connectivity index (χ4v) is 4.41. The Morgan fingerprint density at radius 1 is 0.864 bits per heavy atom. The number of ether oxygens (including phenoxy) is 1. The summed E-state index contributed by atoms with van der Waals surface area (Å²) >= 11 is 0. The number of allylic oxidation sites excluding steroid dienone is 2. The van der Waals surface area contributed by atoms with Crippen molar-refractivity contribution in [2.45, 2.75) is 96.5 Å². The highest BCUT2D eigenvalue weighted by atomic mass is 16.5. The zero-order chi connectivity index (χ0) is 15.6. The van der Waals surface area contributed by atoms with E-state index in [2.05, 4.69) is 19.1 Å². The molecule has 2 aliphatic carbocycles. The molecule has 0 unspecified atom stereocenters. The van der Waals surface area contributed by atoms with E-state index < -0.39 is 0 Å². The first-order valence-corrected chi connectivity index (χ1v) is 10.0. The van der Waals surface area contributed by atoms with Gasteiger partial charge in [0, 0.05) is 7.11 Å². The Bertz CT molecular complexity index is 293. The number of methoxy groups -OCH3 is 1. The van der Waals surface area contributed by atoms with Crippen LogP contribution in [0.2, 0.25) is 0 Å². The second kappa shape index (κ2) is 10.5. The van der Waals surface area contributed by atoms with Crippen molar-refractivity contribution in [1.82, 2.24) is 0 Å². The lowest BCUT2D eigenvalue weighted by Gasteiger charge is -2.31. The van der Waals surface area contributed by atoms with E-state index in [0.29, 0.717) is 6.10 Å². The van der Waals surface area contributed by atoms with E-state index in [-0.39, 0.29) is 0 Å². The first kappa shape index (κ1) is 18.0. The van der Waals surface area contributed by atoms with Crippen molar-refractivity contribution in [3.63, 3.8) is 0 Å². The number of rotatable bonds is 8. The average molecular weight is 307 g/mol. The van der Waals surface area contributed by atoms with Gasteiger partial charge in [0.15, 0.2) is 0 Å².